The summed E-state index contributed by atoms with van der Waals surface area (Å²) in [4.78, 5) is 9.51. The van der Waals surface area contributed by atoms with Gasteiger partial charge in [0.15, 0.2) is 0 Å². The molecule has 1 N–H and O–H groups in total. The molecule has 7 nitrogen and oxygen atoms in total. The number of benzene rings is 2. The Labute approximate surface area is 208 Å². The quantitative estimate of drug-likeness (QED) is 0.424. The lowest BCUT2D eigenvalue weighted by atomic mass is 10.0. The van der Waals surface area contributed by atoms with Crippen molar-refractivity contribution in [2.24, 2.45) is 0 Å². The molecule has 0 aliphatic carbocycles. The molecule has 4 aromatic rings. The second kappa shape index (κ2) is 8.57. The van der Waals surface area contributed by atoms with E-state index in [1.165, 1.54) is 12.5 Å². The van der Waals surface area contributed by atoms with E-state index in [0.717, 1.165) is 58.7 Å². The molecule has 7 rings (SSSR count). The number of piperazine rings is 1. The monoisotopic (exact) mass is 485 g/mol. The third-order valence-electron chi connectivity index (χ3n) is 7.81. The third-order valence-corrected chi connectivity index (χ3v) is 7.81. The number of pyridine rings is 1. The number of H-pyrrole nitrogens is 1. The average molecular weight is 486 g/mol. The van der Waals surface area contributed by atoms with Gasteiger partial charge in [-0.1, -0.05) is 18.2 Å². The van der Waals surface area contributed by atoms with Gasteiger partial charge in [0, 0.05) is 48.1 Å². The van der Waals surface area contributed by atoms with Crippen LogP contribution in [-0.2, 0) is 11.3 Å². The van der Waals surface area contributed by atoms with Crippen molar-refractivity contribution in [3.63, 3.8) is 0 Å². The van der Waals surface area contributed by atoms with Gasteiger partial charge in [0.25, 0.3) is 0 Å². The molecule has 2 fully saturated rings. The highest BCUT2D eigenvalue weighted by atomic mass is 19.1. The first kappa shape index (κ1) is 21.8. The van der Waals surface area contributed by atoms with E-state index in [9.17, 15) is 0 Å². The summed E-state index contributed by atoms with van der Waals surface area (Å²) in [6.45, 7) is 3.48. The number of likely N-dealkylation sites (N-methyl/N-ethyl adjacent to an activating group) is 1. The molecule has 0 saturated carbocycles. The van der Waals surface area contributed by atoms with Gasteiger partial charge in [-0.3, -0.25) is 15.0 Å². The molecule has 3 aliphatic heterocycles. The molecule has 8 heteroatoms. The van der Waals surface area contributed by atoms with E-state index in [-0.39, 0.29) is 5.82 Å². The molecule has 36 heavy (non-hydrogen) atoms. The van der Waals surface area contributed by atoms with E-state index in [1.807, 2.05) is 12.1 Å². The lowest BCUT2D eigenvalue weighted by Crippen LogP contribution is -2.44. The second-order valence-electron chi connectivity index (χ2n) is 10.0. The highest BCUT2D eigenvalue weighted by Crippen LogP contribution is 2.41. The number of fused-ring (bicyclic) bond motifs is 8. The first-order valence-electron chi connectivity index (χ1n) is 12.6. The number of hydrogen-bond donors (Lipinski definition) is 1. The van der Waals surface area contributed by atoms with Crippen molar-refractivity contribution in [2.45, 2.75) is 31.5 Å². The zero-order valence-corrected chi connectivity index (χ0v) is 20.2. The van der Waals surface area contributed by atoms with E-state index in [2.05, 4.69) is 50.2 Å². The molecule has 0 spiro atoms. The predicted molar refractivity (Wildman–Crippen MR) is 137 cm³/mol. The fourth-order valence-corrected chi connectivity index (χ4v) is 5.95. The zero-order valence-electron chi connectivity index (χ0n) is 20.2. The van der Waals surface area contributed by atoms with Crippen molar-refractivity contribution in [1.82, 2.24) is 20.1 Å². The lowest BCUT2D eigenvalue weighted by molar-refractivity contribution is 0.107. The highest BCUT2D eigenvalue weighted by molar-refractivity contribution is 5.95. The van der Waals surface area contributed by atoms with Crippen LogP contribution in [0.4, 0.5) is 10.1 Å². The summed E-state index contributed by atoms with van der Waals surface area (Å²) in [6.07, 6.45) is 3.66. The summed E-state index contributed by atoms with van der Waals surface area (Å²) in [5.41, 5.74) is 5.53. The Morgan fingerprint density at radius 3 is 2.89 bits per heavy atom. The van der Waals surface area contributed by atoms with Gasteiger partial charge in [0.05, 0.1) is 42.9 Å². The minimum absolute atomic E-state index is 0.308. The molecule has 2 atom stereocenters. The number of rotatable bonds is 1. The standard InChI is InChI=1S/C28H28FN5O2/c1-33-14-20-11-19(33)15-34(20)25-7-6-17-10-26(25)36-9-3-8-35-16-18-4-2-5-22(29)27(18)23-12-21-24(13-30-23)31-32-28(17)21/h2,4-7,10,12-13,19-20H,3,8-9,11,14-16H2,1H3,(H,31,32). The Balaban J connectivity index is 1.35. The molecule has 6 bridgehead atoms. The van der Waals surface area contributed by atoms with Gasteiger partial charge in [-0.2, -0.15) is 5.10 Å². The van der Waals surface area contributed by atoms with E-state index < -0.39 is 0 Å². The van der Waals surface area contributed by atoms with Crippen LogP contribution < -0.4 is 9.64 Å². The van der Waals surface area contributed by atoms with Gasteiger partial charge < -0.3 is 14.4 Å². The van der Waals surface area contributed by atoms with E-state index in [4.69, 9.17) is 9.47 Å². The van der Waals surface area contributed by atoms with Crippen LogP contribution in [0.15, 0.2) is 48.7 Å². The van der Waals surface area contributed by atoms with Crippen LogP contribution >= 0.6 is 0 Å². The molecule has 3 aliphatic rings. The molecule has 2 aromatic carbocycles. The number of ether oxygens (including phenoxy) is 2. The lowest BCUT2D eigenvalue weighted by Gasteiger charge is -2.34. The van der Waals surface area contributed by atoms with E-state index in [1.54, 1.807) is 12.3 Å². The van der Waals surface area contributed by atoms with E-state index >= 15 is 4.39 Å². The van der Waals surface area contributed by atoms with Gasteiger partial charge in [0.2, 0.25) is 0 Å². The maximum Gasteiger partial charge on any atom is 0.143 e. The van der Waals surface area contributed by atoms with Crippen molar-refractivity contribution in [3.8, 4) is 28.3 Å². The summed E-state index contributed by atoms with van der Waals surface area (Å²) in [5.74, 6) is 0.565. The fraction of sp³-hybridized carbons (Fsp3) is 0.357. The van der Waals surface area contributed by atoms with Crippen molar-refractivity contribution in [1.29, 1.82) is 0 Å². The van der Waals surface area contributed by atoms with E-state index in [0.29, 0.717) is 43.2 Å². The SMILES string of the molecule is CN1CC2CC1CN2c1ccc2cc1OCCCOCc1cccc(F)c1-c1cc3c-2n[nH]c3cn1. The van der Waals surface area contributed by atoms with Crippen LogP contribution in [0.3, 0.4) is 0 Å². The number of likely N-dealkylation sites (tertiary alicyclic amines) is 1. The molecule has 2 saturated heterocycles. The van der Waals surface area contributed by atoms with Crippen LogP contribution in [0.25, 0.3) is 33.4 Å². The Bertz CT molecular complexity index is 1450. The molecular formula is C28H28FN5O2. The summed E-state index contributed by atoms with van der Waals surface area (Å²) >= 11 is 0. The Kier molecular flexibility index (Phi) is 5.18. The van der Waals surface area contributed by atoms with Crippen LogP contribution in [0.5, 0.6) is 5.75 Å². The van der Waals surface area contributed by atoms with Crippen LogP contribution in [-0.4, -0.2) is 65.5 Å². The molecule has 5 heterocycles. The number of nitrogens with zero attached hydrogens (tertiary/aromatic N) is 4. The smallest absolute Gasteiger partial charge is 0.143 e. The molecular weight excluding hydrogens is 457 g/mol. The topological polar surface area (TPSA) is 66.5 Å². The second-order valence-corrected chi connectivity index (χ2v) is 10.0. The van der Waals surface area contributed by atoms with Gasteiger partial charge in [-0.25, -0.2) is 4.39 Å². The highest BCUT2D eigenvalue weighted by Gasteiger charge is 2.42. The van der Waals surface area contributed by atoms with Crippen LogP contribution in [0, 0.1) is 5.82 Å². The number of anilines is 1. The molecule has 2 unspecified atom stereocenters. The molecule has 0 amide bonds. The fourth-order valence-electron chi connectivity index (χ4n) is 5.95. The first-order valence-corrected chi connectivity index (χ1v) is 12.6. The molecule has 2 aromatic heterocycles. The van der Waals surface area contributed by atoms with Crippen LogP contribution in [0.1, 0.15) is 18.4 Å². The Morgan fingerprint density at radius 1 is 1.08 bits per heavy atom. The number of aromatic nitrogens is 3. The first-order chi connectivity index (χ1) is 17.7. The van der Waals surface area contributed by atoms with Crippen molar-refractivity contribution < 1.29 is 13.9 Å². The van der Waals surface area contributed by atoms with Crippen LogP contribution in [0.2, 0.25) is 0 Å². The molecule has 0 radical (unpaired) electrons. The number of halogens is 1. The minimum atomic E-state index is -0.308. The van der Waals surface area contributed by atoms with Gasteiger partial charge in [0.1, 0.15) is 17.3 Å². The number of nitrogens with one attached hydrogen (secondary N) is 1. The molecule has 184 valence electrons. The minimum Gasteiger partial charge on any atom is -0.491 e. The summed E-state index contributed by atoms with van der Waals surface area (Å²) < 4.78 is 27.3. The van der Waals surface area contributed by atoms with Crippen molar-refractivity contribution >= 4 is 16.6 Å². The Morgan fingerprint density at radius 2 is 2.03 bits per heavy atom. The predicted octanol–water partition coefficient (Wildman–Crippen LogP) is 4.62. The summed E-state index contributed by atoms with van der Waals surface area (Å²) in [7, 11) is 2.21. The normalized spacial score (nSPS) is 21.9. The number of aromatic amines is 1. The summed E-state index contributed by atoms with van der Waals surface area (Å²) in [5, 5.41) is 8.60. The van der Waals surface area contributed by atoms with Gasteiger partial charge >= 0.3 is 0 Å². The van der Waals surface area contributed by atoms with Crippen molar-refractivity contribution in [3.05, 3.63) is 60.0 Å². The summed E-state index contributed by atoms with van der Waals surface area (Å²) in [6, 6.07) is 14.5. The maximum absolute atomic E-state index is 15.0. The average Bonchev–Trinajstić information content (AvgIpc) is 3.59. The zero-order chi connectivity index (χ0) is 24.2. The largest absolute Gasteiger partial charge is 0.491 e. The number of hydrogen-bond acceptors (Lipinski definition) is 6. The third kappa shape index (κ3) is 3.55. The Hall–Kier alpha value is -3.49. The van der Waals surface area contributed by atoms with Crippen molar-refractivity contribution in [2.75, 3.05) is 38.3 Å². The maximum atomic E-state index is 15.0. The van der Waals surface area contributed by atoms with Gasteiger partial charge in [-0.05, 0) is 43.3 Å². The van der Waals surface area contributed by atoms with Gasteiger partial charge in [-0.15, -0.1) is 0 Å².